The van der Waals surface area contributed by atoms with E-state index in [4.69, 9.17) is 0 Å². The molecule has 6 heteroatoms. The molecule has 0 aliphatic rings. The summed E-state index contributed by atoms with van der Waals surface area (Å²) in [6, 6.07) is 11.9. The van der Waals surface area contributed by atoms with Gasteiger partial charge in [0.15, 0.2) is 0 Å². The Morgan fingerprint density at radius 1 is 0.963 bits per heavy atom. The largest absolute Gasteiger partial charge is 0.241 e. The fraction of sp³-hybridized carbons (Fsp3) is 0.286. The summed E-state index contributed by atoms with van der Waals surface area (Å²) < 4.78 is 28.5. The summed E-state index contributed by atoms with van der Waals surface area (Å²) in [4.78, 5) is 5.95. The Kier molecular flexibility index (Phi) is 5.51. The Balaban J connectivity index is 1.86. The zero-order valence-corrected chi connectivity index (χ0v) is 17.9. The standard InChI is InChI=1S/C21H24N2O2S2/c1-13-10-15(3)20(16(4)11-13)27(24,25)22-12-19-17(5)23-21(26-19)18-9-7-6-8-14(18)2/h6-11,22H,12H2,1-5H3. The fourth-order valence-electron chi connectivity index (χ4n) is 3.34. The average molecular weight is 401 g/mol. The monoisotopic (exact) mass is 400 g/mol. The Bertz CT molecular complexity index is 1080. The van der Waals surface area contributed by atoms with Crippen molar-refractivity contribution in [1.82, 2.24) is 9.71 Å². The summed E-state index contributed by atoms with van der Waals surface area (Å²) in [5.41, 5.74) is 5.70. The molecule has 0 amide bonds. The maximum absolute atomic E-state index is 12.9. The van der Waals surface area contributed by atoms with Crippen molar-refractivity contribution in [3.05, 3.63) is 69.2 Å². The van der Waals surface area contributed by atoms with Crippen molar-refractivity contribution in [2.24, 2.45) is 0 Å². The molecule has 0 aliphatic carbocycles. The molecular formula is C21H24N2O2S2. The lowest BCUT2D eigenvalue weighted by Gasteiger charge is -2.12. The van der Waals surface area contributed by atoms with Gasteiger partial charge in [0.05, 0.1) is 10.6 Å². The van der Waals surface area contributed by atoms with Gasteiger partial charge in [0, 0.05) is 17.0 Å². The van der Waals surface area contributed by atoms with E-state index in [0.29, 0.717) is 4.90 Å². The number of thiazole rings is 1. The van der Waals surface area contributed by atoms with Crippen LogP contribution in [-0.2, 0) is 16.6 Å². The molecule has 0 aliphatic heterocycles. The van der Waals surface area contributed by atoms with E-state index >= 15 is 0 Å². The first kappa shape index (κ1) is 19.7. The number of rotatable bonds is 5. The van der Waals surface area contributed by atoms with Crippen LogP contribution in [0.3, 0.4) is 0 Å². The molecule has 0 saturated carbocycles. The van der Waals surface area contributed by atoms with Gasteiger partial charge < -0.3 is 0 Å². The van der Waals surface area contributed by atoms with Crippen LogP contribution in [-0.4, -0.2) is 13.4 Å². The van der Waals surface area contributed by atoms with Crippen LogP contribution in [0.1, 0.15) is 32.8 Å². The van der Waals surface area contributed by atoms with Gasteiger partial charge in [-0.05, 0) is 51.3 Å². The third kappa shape index (κ3) is 4.13. The van der Waals surface area contributed by atoms with E-state index in [1.54, 1.807) is 0 Å². The highest BCUT2D eigenvalue weighted by Crippen LogP contribution is 2.30. The van der Waals surface area contributed by atoms with Gasteiger partial charge in [-0.3, -0.25) is 0 Å². The third-order valence-electron chi connectivity index (χ3n) is 4.56. The highest BCUT2D eigenvalue weighted by Gasteiger charge is 2.21. The Morgan fingerprint density at radius 3 is 2.22 bits per heavy atom. The van der Waals surface area contributed by atoms with Gasteiger partial charge in [-0.2, -0.15) is 0 Å². The highest BCUT2D eigenvalue weighted by atomic mass is 32.2. The first-order valence-corrected chi connectivity index (χ1v) is 11.1. The molecule has 0 spiro atoms. The quantitative estimate of drug-likeness (QED) is 0.667. The van der Waals surface area contributed by atoms with Crippen molar-refractivity contribution in [2.45, 2.75) is 46.1 Å². The topological polar surface area (TPSA) is 59.1 Å². The molecule has 0 bridgehead atoms. The molecule has 0 unspecified atom stereocenters. The summed E-state index contributed by atoms with van der Waals surface area (Å²) >= 11 is 1.54. The zero-order valence-electron chi connectivity index (χ0n) is 16.3. The van der Waals surface area contributed by atoms with Crippen LogP contribution in [0, 0.1) is 34.6 Å². The number of aryl methyl sites for hydroxylation is 5. The van der Waals surface area contributed by atoms with E-state index in [1.165, 1.54) is 11.3 Å². The van der Waals surface area contributed by atoms with Crippen molar-refractivity contribution in [3.63, 3.8) is 0 Å². The number of aromatic nitrogens is 1. The van der Waals surface area contributed by atoms with Crippen LogP contribution >= 0.6 is 11.3 Å². The molecule has 2 aromatic carbocycles. The Labute approximate surface area is 165 Å². The van der Waals surface area contributed by atoms with E-state index in [2.05, 4.69) is 22.7 Å². The summed E-state index contributed by atoms with van der Waals surface area (Å²) in [6.45, 7) is 9.86. The molecule has 3 rings (SSSR count). The number of nitrogens with one attached hydrogen (secondary N) is 1. The van der Waals surface area contributed by atoms with Gasteiger partial charge in [0.1, 0.15) is 5.01 Å². The molecule has 0 atom stereocenters. The van der Waals surface area contributed by atoms with Crippen LogP contribution in [0.2, 0.25) is 0 Å². The van der Waals surface area contributed by atoms with Crippen molar-refractivity contribution >= 4 is 21.4 Å². The van der Waals surface area contributed by atoms with E-state index in [-0.39, 0.29) is 6.54 Å². The molecule has 0 saturated heterocycles. The number of benzene rings is 2. The lowest BCUT2D eigenvalue weighted by molar-refractivity contribution is 0.580. The van der Waals surface area contributed by atoms with Crippen LogP contribution < -0.4 is 4.72 Å². The van der Waals surface area contributed by atoms with E-state index in [1.807, 2.05) is 58.0 Å². The van der Waals surface area contributed by atoms with Crippen LogP contribution in [0.25, 0.3) is 10.6 Å². The van der Waals surface area contributed by atoms with Crippen molar-refractivity contribution in [3.8, 4) is 10.6 Å². The molecule has 1 aromatic heterocycles. The van der Waals surface area contributed by atoms with Crippen molar-refractivity contribution in [2.75, 3.05) is 0 Å². The molecule has 27 heavy (non-hydrogen) atoms. The Morgan fingerprint density at radius 2 is 1.59 bits per heavy atom. The first-order valence-electron chi connectivity index (χ1n) is 8.79. The molecule has 1 heterocycles. The SMILES string of the molecule is Cc1cc(C)c(S(=O)(=O)NCc2sc(-c3ccccc3C)nc2C)c(C)c1. The Hall–Kier alpha value is -2.02. The van der Waals surface area contributed by atoms with Crippen molar-refractivity contribution < 1.29 is 8.42 Å². The highest BCUT2D eigenvalue weighted by molar-refractivity contribution is 7.89. The average Bonchev–Trinajstić information content (AvgIpc) is 2.93. The molecule has 0 fully saturated rings. The predicted octanol–water partition coefficient (Wildman–Crippen LogP) is 4.83. The van der Waals surface area contributed by atoms with Gasteiger partial charge in [-0.25, -0.2) is 18.1 Å². The molecule has 4 nitrogen and oxygen atoms in total. The maximum atomic E-state index is 12.9. The molecular weight excluding hydrogens is 376 g/mol. The zero-order chi connectivity index (χ0) is 19.8. The summed E-state index contributed by atoms with van der Waals surface area (Å²) in [5, 5.41) is 0.919. The van der Waals surface area contributed by atoms with Crippen molar-refractivity contribution in [1.29, 1.82) is 0 Å². The summed E-state index contributed by atoms with van der Waals surface area (Å²) in [5.74, 6) is 0. The summed E-state index contributed by atoms with van der Waals surface area (Å²) in [7, 11) is -3.59. The second-order valence-electron chi connectivity index (χ2n) is 6.89. The maximum Gasteiger partial charge on any atom is 0.241 e. The van der Waals surface area contributed by atoms with E-state index in [0.717, 1.165) is 43.4 Å². The van der Waals surface area contributed by atoms with Gasteiger partial charge in [0.2, 0.25) is 10.0 Å². The normalized spacial score (nSPS) is 11.7. The van der Waals surface area contributed by atoms with Crippen LogP contribution in [0.4, 0.5) is 0 Å². The minimum Gasteiger partial charge on any atom is -0.241 e. The second kappa shape index (κ2) is 7.54. The number of hydrogen-bond donors (Lipinski definition) is 1. The lowest BCUT2D eigenvalue weighted by atomic mass is 10.1. The number of sulfonamides is 1. The number of nitrogens with zero attached hydrogens (tertiary/aromatic N) is 1. The molecule has 1 N–H and O–H groups in total. The van der Waals surface area contributed by atoms with Crippen LogP contribution in [0.5, 0.6) is 0 Å². The van der Waals surface area contributed by atoms with Gasteiger partial charge >= 0.3 is 0 Å². The second-order valence-corrected chi connectivity index (χ2v) is 9.68. The predicted molar refractivity (Wildman–Crippen MR) is 112 cm³/mol. The first-order chi connectivity index (χ1) is 12.7. The minimum absolute atomic E-state index is 0.241. The summed E-state index contributed by atoms with van der Waals surface area (Å²) in [6.07, 6.45) is 0. The smallest absolute Gasteiger partial charge is 0.241 e. The van der Waals surface area contributed by atoms with Crippen LogP contribution in [0.15, 0.2) is 41.3 Å². The lowest BCUT2D eigenvalue weighted by Crippen LogP contribution is -2.24. The van der Waals surface area contributed by atoms with Gasteiger partial charge in [0.25, 0.3) is 0 Å². The molecule has 142 valence electrons. The van der Waals surface area contributed by atoms with E-state index in [9.17, 15) is 8.42 Å². The molecule has 0 radical (unpaired) electrons. The van der Waals surface area contributed by atoms with Gasteiger partial charge in [-0.15, -0.1) is 11.3 Å². The molecule has 3 aromatic rings. The van der Waals surface area contributed by atoms with Gasteiger partial charge in [-0.1, -0.05) is 42.0 Å². The number of hydrogen-bond acceptors (Lipinski definition) is 4. The minimum atomic E-state index is -3.59. The third-order valence-corrected chi connectivity index (χ3v) is 7.46. The fourth-order valence-corrected chi connectivity index (χ4v) is 5.97. The van der Waals surface area contributed by atoms with E-state index < -0.39 is 10.0 Å².